The van der Waals surface area contributed by atoms with Crippen LogP contribution in [0.4, 0.5) is 5.69 Å². The number of piperidine rings is 1. The van der Waals surface area contributed by atoms with Crippen LogP contribution in [0.3, 0.4) is 0 Å². The van der Waals surface area contributed by atoms with E-state index in [2.05, 4.69) is 32.6 Å². The van der Waals surface area contributed by atoms with Crippen molar-refractivity contribution in [3.63, 3.8) is 0 Å². The summed E-state index contributed by atoms with van der Waals surface area (Å²) in [6.45, 7) is 3.14. The number of nitrogens with one attached hydrogen (secondary N) is 2. The van der Waals surface area contributed by atoms with E-state index in [0.29, 0.717) is 45.4 Å². The number of aliphatic carboxylic acids is 1. The predicted molar refractivity (Wildman–Crippen MR) is 183 cm³/mol. The number of hydrogen-bond acceptors (Lipinski definition) is 8. The summed E-state index contributed by atoms with van der Waals surface area (Å²) in [6.07, 6.45) is 2.61. The largest absolute Gasteiger partial charge is 0.481 e. The second kappa shape index (κ2) is 15.9. The van der Waals surface area contributed by atoms with Crippen molar-refractivity contribution in [2.24, 2.45) is 0 Å². The van der Waals surface area contributed by atoms with Crippen molar-refractivity contribution in [2.75, 3.05) is 31.2 Å². The SMILES string of the molecule is O=C(O)CCCCC(=O)NCc1ccc(C2OC(CN3CCC4(CC3)C(=O)NCN4c3ccccc3)CC(c3ccc(CO)cc3)O2)cc1. The number of benzene rings is 3. The van der Waals surface area contributed by atoms with E-state index >= 15 is 0 Å². The predicted octanol–water partition coefficient (Wildman–Crippen LogP) is 4.41. The minimum atomic E-state index is -0.849. The number of para-hydroxylation sites is 1. The maximum absolute atomic E-state index is 13.2. The van der Waals surface area contributed by atoms with E-state index in [1.807, 2.05) is 66.7 Å². The summed E-state index contributed by atoms with van der Waals surface area (Å²) < 4.78 is 13.1. The summed E-state index contributed by atoms with van der Waals surface area (Å²) in [7, 11) is 0. The van der Waals surface area contributed by atoms with E-state index in [1.165, 1.54) is 0 Å². The number of carboxylic acids is 1. The molecule has 0 radical (unpaired) electrons. The van der Waals surface area contributed by atoms with E-state index in [4.69, 9.17) is 14.6 Å². The summed E-state index contributed by atoms with van der Waals surface area (Å²) in [6, 6.07) is 25.8. The third-order valence-corrected chi connectivity index (χ3v) is 9.95. The molecule has 3 fully saturated rings. The number of likely N-dealkylation sites (tertiary alicyclic amines) is 1. The highest BCUT2D eigenvalue weighted by molar-refractivity contribution is 5.93. The molecule has 260 valence electrons. The van der Waals surface area contributed by atoms with Gasteiger partial charge in [-0.05, 0) is 54.5 Å². The normalized spacial score (nSPS) is 22.2. The Morgan fingerprint density at radius 3 is 2.24 bits per heavy atom. The fourth-order valence-electron chi connectivity index (χ4n) is 7.10. The third kappa shape index (κ3) is 8.48. The van der Waals surface area contributed by atoms with Gasteiger partial charge in [0.05, 0.1) is 25.5 Å². The minimum absolute atomic E-state index is 0.0200. The Morgan fingerprint density at radius 1 is 0.878 bits per heavy atom. The van der Waals surface area contributed by atoms with Gasteiger partial charge in [-0.25, -0.2) is 0 Å². The highest BCUT2D eigenvalue weighted by atomic mass is 16.7. The zero-order valence-electron chi connectivity index (χ0n) is 27.8. The van der Waals surface area contributed by atoms with Gasteiger partial charge in [0.15, 0.2) is 6.29 Å². The Morgan fingerprint density at radius 2 is 1.55 bits per heavy atom. The van der Waals surface area contributed by atoms with Crippen molar-refractivity contribution in [2.45, 2.75) is 82.1 Å². The lowest BCUT2D eigenvalue weighted by atomic mass is 9.85. The van der Waals surface area contributed by atoms with Gasteiger partial charge in [0.25, 0.3) is 0 Å². The number of ether oxygens (including phenoxy) is 2. The number of unbranched alkanes of at least 4 members (excludes halogenated alkanes) is 1. The van der Waals surface area contributed by atoms with Gasteiger partial charge in [0, 0.05) is 56.7 Å². The maximum Gasteiger partial charge on any atom is 0.303 e. The molecule has 3 unspecified atom stereocenters. The molecule has 0 saturated carbocycles. The molecular formula is C38H46N4O7. The molecular weight excluding hydrogens is 624 g/mol. The van der Waals surface area contributed by atoms with Gasteiger partial charge in [-0.15, -0.1) is 0 Å². The number of aliphatic hydroxyl groups is 1. The lowest BCUT2D eigenvalue weighted by Gasteiger charge is -2.45. The number of carbonyl (C=O) groups excluding carboxylic acids is 2. The smallest absolute Gasteiger partial charge is 0.303 e. The molecule has 49 heavy (non-hydrogen) atoms. The zero-order valence-corrected chi connectivity index (χ0v) is 27.8. The van der Waals surface area contributed by atoms with E-state index in [-0.39, 0.29) is 37.0 Å². The number of anilines is 1. The number of rotatable bonds is 13. The van der Waals surface area contributed by atoms with Crippen molar-refractivity contribution < 1.29 is 34.1 Å². The highest BCUT2D eigenvalue weighted by Gasteiger charge is 2.50. The average molecular weight is 671 g/mol. The van der Waals surface area contributed by atoms with Crippen LogP contribution in [0.1, 0.15) is 79.6 Å². The lowest BCUT2D eigenvalue weighted by molar-refractivity contribution is -0.253. The number of carboxylic acid groups (broad SMARTS) is 1. The molecule has 3 heterocycles. The first-order valence-corrected chi connectivity index (χ1v) is 17.2. The van der Waals surface area contributed by atoms with Gasteiger partial charge in [0.1, 0.15) is 5.54 Å². The molecule has 3 aromatic rings. The highest BCUT2D eigenvalue weighted by Crippen LogP contribution is 2.40. The molecule has 3 aliphatic heterocycles. The van der Waals surface area contributed by atoms with Crippen LogP contribution in [0.5, 0.6) is 0 Å². The van der Waals surface area contributed by atoms with E-state index in [0.717, 1.165) is 53.9 Å². The first-order chi connectivity index (χ1) is 23.8. The van der Waals surface area contributed by atoms with Crippen molar-refractivity contribution in [1.82, 2.24) is 15.5 Å². The first kappa shape index (κ1) is 34.6. The Labute approximate surface area is 287 Å². The number of nitrogens with zero attached hydrogens (tertiary/aromatic N) is 2. The summed E-state index contributed by atoms with van der Waals surface area (Å²) in [5, 5.41) is 24.3. The van der Waals surface area contributed by atoms with Crippen LogP contribution in [0.15, 0.2) is 78.9 Å². The molecule has 3 aliphatic rings. The minimum Gasteiger partial charge on any atom is -0.481 e. The molecule has 3 saturated heterocycles. The molecule has 1 spiro atoms. The topological polar surface area (TPSA) is 141 Å². The summed E-state index contributed by atoms with van der Waals surface area (Å²) in [5.41, 5.74) is 4.20. The van der Waals surface area contributed by atoms with E-state index in [1.54, 1.807) is 0 Å². The van der Waals surface area contributed by atoms with Gasteiger partial charge in [-0.3, -0.25) is 14.4 Å². The van der Waals surface area contributed by atoms with Crippen LogP contribution in [0.2, 0.25) is 0 Å². The van der Waals surface area contributed by atoms with Crippen molar-refractivity contribution >= 4 is 23.5 Å². The second-order valence-corrected chi connectivity index (χ2v) is 13.2. The van der Waals surface area contributed by atoms with Crippen LogP contribution in [0.25, 0.3) is 0 Å². The molecule has 6 rings (SSSR count). The molecule has 11 heteroatoms. The number of hydrogen-bond donors (Lipinski definition) is 4. The second-order valence-electron chi connectivity index (χ2n) is 13.2. The van der Waals surface area contributed by atoms with Gasteiger partial charge in [-0.1, -0.05) is 66.7 Å². The summed E-state index contributed by atoms with van der Waals surface area (Å²) in [4.78, 5) is 40.7. The van der Waals surface area contributed by atoms with Crippen LogP contribution in [0, 0.1) is 0 Å². The standard InChI is InChI=1S/C38H46N4O7/c43-25-28-12-14-29(15-13-28)33-22-32(24-41-20-18-38(19-21-41)37(47)40-26-42(38)31-6-2-1-3-7-31)48-36(49-33)30-16-10-27(11-17-30)23-39-34(44)8-4-5-9-35(45)46/h1-3,6-7,10-17,32-33,36,43H,4-5,8-9,18-26H2,(H,39,44)(H,40,47)(H,45,46). The zero-order chi connectivity index (χ0) is 34.2. The molecule has 3 aromatic carbocycles. The molecule has 0 bridgehead atoms. The third-order valence-electron chi connectivity index (χ3n) is 9.95. The monoisotopic (exact) mass is 670 g/mol. The number of amides is 2. The average Bonchev–Trinajstić information content (AvgIpc) is 3.45. The Hall–Kier alpha value is -4.29. The van der Waals surface area contributed by atoms with E-state index < -0.39 is 17.8 Å². The molecule has 11 nitrogen and oxygen atoms in total. The van der Waals surface area contributed by atoms with Crippen LogP contribution in [-0.4, -0.2) is 70.8 Å². The molecule has 0 aliphatic carbocycles. The fraction of sp³-hybridized carbons (Fsp3) is 0.447. The van der Waals surface area contributed by atoms with Crippen molar-refractivity contribution in [3.05, 3.63) is 101 Å². The Bertz CT molecular complexity index is 1560. The Kier molecular flexibility index (Phi) is 11.3. The van der Waals surface area contributed by atoms with Gasteiger partial charge < -0.3 is 40.1 Å². The molecule has 4 N–H and O–H groups in total. The molecule has 2 amide bonds. The summed E-state index contributed by atoms with van der Waals surface area (Å²) in [5.74, 6) is -0.849. The van der Waals surface area contributed by atoms with Gasteiger partial charge in [0.2, 0.25) is 11.8 Å². The molecule has 3 atom stereocenters. The quantitative estimate of drug-likeness (QED) is 0.195. The number of aliphatic hydroxyl groups excluding tert-OH is 1. The van der Waals surface area contributed by atoms with Crippen LogP contribution >= 0.6 is 0 Å². The molecule has 0 aromatic heterocycles. The van der Waals surface area contributed by atoms with Crippen LogP contribution < -0.4 is 15.5 Å². The van der Waals surface area contributed by atoms with Crippen molar-refractivity contribution in [3.8, 4) is 0 Å². The van der Waals surface area contributed by atoms with Crippen molar-refractivity contribution in [1.29, 1.82) is 0 Å². The fourth-order valence-corrected chi connectivity index (χ4v) is 7.10. The Balaban J connectivity index is 1.09. The van der Waals surface area contributed by atoms with E-state index in [9.17, 15) is 19.5 Å². The van der Waals surface area contributed by atoms with Crippen LogP contribution in [-0.2, 0) is 37.0 Å². The first-order valence-electron chi connectivity index (χ1n) is 17.2. The maximum atomic E-state index is 13.2. The number of carbonyl (C=O) groups is 3. The van der Waals surface area contributed by atoms with Gasteiger partial charge in [-0.2, -0.15) is 0 Å². The lowest BCUT2D eigenvalue weighted by Crippen LogP contribution is -2.57. The summed E-state index contributed by atoms with van der Waals surface area (Å²) >= 11 is 0. The van der Waals surface area contributed by atoms with Gasteiger partial charge >= 0.3 is 5.97 Å².